The number of hydrogen-bond donors (Lipinski definition) is 0. The Kier molecular flexibility index (Phi) is 2.09. The first-order valence-corrected chi connectivity index (χ1v) is 8.23. The normalized spacial score (nSPS) is 11.6. The molecule has 1 aromatic carbocycles. The number of benzene rings is 1. The first-order chi connectivity index (χ1) is 7.02. The van der Waals surface area contributed by atoms with E-state index in [4.69, 9.17) is 5.26 Å². The monoisotopic (exact) mass is 216 g/mol. The fourth-order valence-corrected chi connectivity index (χ4v) is 2.71. The standard InChI is InChI=1S/C10H12N4Si/c1-15(2,3)14-10-5-4-8(7-11)6-9(10)12-13-14/h4-6H,1-3H3. The first-order valence-electron chi connectivity index (χ1n) is 4.78. The van der Waals surface area contributed by atoms with Gasteiger partial charge in [0.05, 0.1) is 17.1 Å². The zero-order valence-electron chi connectivity index (χ0n) is 9.02. The second kappa shape index (κ2) is 3.17. The van der Waals surface area contributed by atoms with Gasteiger partial charge in [0.2, 0.25) is 0 Å². The Balaban J connectivity index is 2.69. The molecule has 0 spiro atoms. The van der Waals surface area contributed by atoms with Gasteiger partial charge in [0.1, 0.15) is 5.52 Å². The maximum atomic E-state index is 8.77. The maximum Gasteiger partial charge on any atom is 0.179 e. The van der Waals surface area contributed by atoms with Crippen LogP contribution in [0.2, 0.25) is 19.6 Å². The molecule has 0 fully saturated rings. The Morgan fingerprint density at radius 3 is 2.67 bits per heavy atom. The van der Waals surface area contributed by atoms with E-state index >= 15 is 0 Å². The second-order valence-corrected chi connectivity index (χ2v) is 9.25. The minimum absolute atomic E-state index is 0.630. The minimum Gasteiger partial charge on any atom is -0.275 e. The van der Waals surface area contributed by atoms with Crippen LogP contribution in [0.5, 0.6) is 0 Å². The SMILES string of the molecule is C[Si](C)(C)n1nnc2cc(C#N)ccc21. The van der Waals surface area contributed by atoms with Crippen LogP contribution < -0.4 is 0 Å². The maximum absolute atomic E-state index is 8.77. The molecule has 0 saturated heterocycles. The van der Waals surface area contributed by atoms with E-state index in [2.05, 4.69) is 36.0 Å². The molecule has 2 rings (SSSR count). The third-order valence-electron chi connectivity index (χ3n) is 2.21. The van der Waals surface area contributed by atoms with Crippen LogP contribution >= 0.6 is 0 Å². The number of hydrogen-bond acceptors (Lipinski definition) is 3. The van der Waals surface area contributed by atoms with Gasteiger partial charge in [-0.15, -0.1) is 5.10 Å². The lowest BCUT2D eigenvalue weighted by atomic mass is 10.2. The van der Waals surface area contributed by atoms with Crippen LogP contribution in [-0.2, 0) is 0 Å². The molecule has 0 radical (unpaired) electrons. The summed E-state index contributed by atoms with van der Waals surface area (Å²) in [6.45, 7) is 6.62. The van der Waals surface area contributed by atoms with Gasteiger partial charge in [0.25, 0.3) is 0 Å². The van der Waals surface area contributed by atoms with E-state index in [-0.39, 0.29) is 0 Å². The van der Waals surface area contributed by atoms with Gasteiger partial charge in [-0.3, -0.25) is 4.35 Å². The van der Waals surface area contributed by atoms with Gasteiger partial charge in [0, 0.05) is 0 Å². The molecule has 0 unspecified atom stereocenters. The Bertz CT molecular complexity index is 545. The summed E-state index contributed by atoms with van der Waals surface area (Å²) >= 11 is 0. The van der Waals surface area contributed by atoms with E-state index in [1.54, 1.807) is 6.07 Å². The number of nitriles is 1. The van der Waals surface area contributed by atoms with Crippen LogP contribution in [0.15, 0.2) is 18.2 Å². The van der Waals surface area contributed by atoms with Gasteiger partial charge in [-0.05, 0) is 37.8 Å². The second-order valence-electron chi connectivity index (χ2n) is 4.49. The van der Waals surface area contributed by atoms with Crippen LogP contribution in [0.3, 0.4) is 0 Å². The third kappa shape index (κ3) is 1.64. The minimum atomic E-state index is -1.51. The highest BCUT2D eigenvalue weighted by Crippen LogP contribution is 2.16. The molecule has 0 aliphatic rings. The molecule has 15 heavy (non-hydrogen) atoms. The fourth-order valence-electron chi connectivity index (χ4n) is 1.49. The summed E-state index contributed by atoms with van der Waals surface area (Å²) in [4.78, 5) is 0. The highest BCUT2D eigenvalue weighted by molar-refractivity contribution is 6.74. The average Bonchev–Trinajstić information content (AvgIpc) is 2.59. The summed E-state index contributed by atoms with van der Waals surface area (Å²) in [5.74, 6) is 0. The molecule has 0 amide bonds. The van der Waals surface area contributed by atoms with E-state index in [0.29, 0.717) is 5.56 Å². The molecule has 4 nitrogen and oxygen atoms in total. The van der Waals surface area contributed by atoms with Crippen LogP contribution in [0.4, 0.5) is 0 Å². The molecule has 0 saturated carbocycles. The van der Waals surface area contributed by atoms with Crippen molar-refractivity contribution < 1.29 is 0 Å². The van der Waals surface area contributed by atoms with Crippen molar-refractivity contribution in [1.29, 1.82) is 5.26 Å². The van der Waals surface area contributed by atoms with Crippen molar-refractivity contribution in [2.75, 3.05) is 0 Å². The van der Waals surface area contributed by atoms with Crippen molar-refractivity contribution in [2.45, 2.75) is 19.6 Å². The Morgan fingerprint density at radius 1 is 1.33 bits per heavy atom. The average molecular weight is 216 g/mol. The van der Waals surface area contributed by atoms with Crippen LogP contribution in [-0.4, -0.2) is 22.9 Å². The Morgan fingerprint density at radius 2 is 2.07 bits per heavy atom. The molecule has 0 N–H and O–H groups in total. The summed E-state index contributed by atoms with van der Waals surface area (Å²) < 4.78 is 2.00. The lowest BCUT2D eigenvalue weighted by Gasteiger charge is -2.16. The van der Waals surface area contributed by atoms with Gasteiger partial charge in [-0.1, -0.05) is 5.21 Å². The van der Waals surface area contributed by atoms with Crippen molar-refractivity contribution in [3.8, 4) is 6.07 Å². The Labute approximate surface area is 89.2 Å². The van der Waals surface area contributed by atoms with Crippen molar-refractivity contribution >= 4 is 19.3 Å². The lowest BCUT2D eigenvalue weighted by Crippen LogP contribution is -2.33. The third-order valence-corrected chi connectivity index (χ3v) is 3.81. The number of rotatable bonds is 1. The summed E-state index contributed by atoms with van der Waals surface area (Å²) in [6.07, 6.45) is 0. The number of nitrogens with zero attached hydrogens (tertiary/aromatic N) is 4. The summed E-state index contributed by atoms with van der Waals surface area (Å²) in [5, 5.41) is 17.0. The topological polar surface area (TPSA) is 54.5 Å². The highest BCUT2D eigenvalue weighted by Gasteiger charge is 2.20. The van der Waals surface area contributed by atoms with Crippen molar-refractivity contribution in [2.24, 2.45) is 0 Å². The molecular weight excluding hydrogens is 204 g/mol. The molecule has 5 heteroatoms. The van der Waals surface area contributed by atoms with Crippen LogP contribution in [0, 0.1) is 11.3 Å². The van der Waals surface area contributed by atoms with Crippen molar-refractivity contribution in [3.05, 3.63) is 23.8 Å². The predicted molar refractivity (Wildman–Crippen MR) is 61.0 cm³/mol. The molecule has 0 aliphatic carbocycles. The quantitative estimate of drug-likeness (QED) is 0.685. The molecule has 0 bridgehead atoms. The Hall–Kier alpha value is -1.67. The highest BCUT2D eigenvalue weighted by atomic mass is 28.3. The van der Waals surface area contributed by atoms with Gasteiger partial charge in [-0.25, -0.2) is 0 Å². The van der Waals surface area contributed by atoms with E-state index in [9.17, 15) is 0 Å². The van der Waals surface area contributed by atoms with E-state index in [0.717, 1.165) is 11.0 Å². The molecule has 2 aromatic rings. The van der Waals surface area contributed by atoms with Crippen LogP contribution in [0.1, 0.15) is 5.56 Å². The van der Waals surface area contributed by atoms with Crippen LogP contribution in [0.25, 0.3) is 11.0 Å². The van der Waals surface area contributed by atoms with Gasteiger partial charge in [-0.2, -0.15) is 5.26 Å². The van der Waals surface area contributed by atoms with E-state index < -0.39 is 8.24 Å². The van der Waals surface area contributed by atoms with Crippen molar-refractivity contribution in [3.63, 3.8) is 0 Å². The molecule has 76 valence electrons. The molecule has 0 atom stereocenters. The zero-order chi connectivity index (χ0) is 11.1. The zero-order valence-corrected chi connectivity index (χ0v) is 10.0. The largest absolute Gasteiger partial charge is 0.275 e. The van der Waals surface area contributed by atoms with Gasteiger partial charge >= 0.3 is 0 Å². The lowest BCUT2D eigenvalue weighted by molar-refractivity contribution is 0.862. The smallest absolute Gasteiger partial charge is 0.179 e. The molecular formula is C10H12N4Si. The number of aromatic nitrogens is 3. The van der Waals surface area contributed by atoms with E-state index in [1.807, 2.05) is 16.5 Å². The van der Waals surface area contributed by atoms with Crippen molar-refractivity contribution in [1.82, 2.24) is 14.7 Å². The number of fused-ring (bicyclic) bond motifs is 1. The van der Waals surface area contributed by atoms with Gasteiger partial charge < -0.3 is 0 Å². The molecule has 0 aliphatic heterocycles. The summed E-state index contributed by atoms with van der Waals surface area (Å²) in [6, 6.07) is 7.61. The first kappa shape index (κ1) is 9.87. The summed E-state index contributed by atoms with van der Waals surface area (Å²) in [7, 11) is -1.51. The predicted octanol–water partition coefficient (Wildman–Crippen LogP) is 1.99. The van der Waals surface area contributed by atoms with E-state index in [1.165, 1.54) is 0 Å². The fraction of sp³-hybridized carbons (Fsp3) is 0.300. The molecule has 1 heterocycles. The summed E-state index contributed by atoms with van der Waals surface area (Å²) in [5.41, 5.74) is 2.45. The molecule has 1 aromatic heterocycles. The van der Waals surface area contributed by atoms with Gasteiger partial charge in [0.15, 0.2) is 8.24 Å².